The summed E-state index contributed by atoms with van der Waals surface area (Å²) >= 11 is 3.68. The molecule has 1 unspecified atom stereocenters. The number of anilines is 1. The van der Waals surface area contributed by atoms with Gasteiger partial charge >= 0.3 is 0 Å². The molecule has 0 aromatic carbocycles. The lowest BCUT2D eigenvalue weighted by Crippen LogP contribution is -2.26. The molecule has 2 aromatic rings. The topological polar surface area (TPSA) is 42.7 Å². The lowest BCUT2D eigenvalue weighted by molar-refractivity contribution is 0.323. The van der Waals surface area contributed by atoms with Crippen molar-refractivity contribution in [3.05, 3.63) is 29.0 Å². The number of nitrogens with zero attached hydrogens (tertiary/aromatic N) is 3. The molecule has 0 radical (unpaired) electrons. The van der Waals surface area contributed by atoms with Crippen LogP contribution in [-0.2, 0) is 0 Å². The van der Waals surface area contributed by atoms with Crippen molar-refractivity contribution in [2.75, 3.05) is 11.9 Å². The molecule has 1 atom stereocenters. The smallest absolute Gasteiger partial charge is 0.139 e. The molecule has 0 saturated carbocycles. The minimum atomic E-state index is 0.461. The van der Waals surface area contributed by atoms with E-state index in [1.165, 1.54) is 0 Å². The summed E-state index contributed by atoms with van der Waals surface area (Å²) in [6, 6.07) is 4.44. The molecule has 0 spiro atoms. The molecule has 1 aliphatic rings. The average molecular weight is 321 g/mol. The van der Waals surface area contributed by atoms with Crippen molar-refractivity contribution in [1.29, 1.82) is 0 Å². The molecule has 0 amide bonds. The minimum absolute atomic E-state index is 0.461. The van der Waals surface area contributed by atoms with E-state index >= 15 is 0 Å². The van der Waals surface area contributed by atoms with Crippen LogP contribution in [0.1, 0.15) is 26.3 Å². The van der Waals surface area contributed by atoms with Crippen molar-refractivity contribution in [1.82, 2.24) is 14.8 Å². The van der Waals surface area contributed by atoms with Gasteiger partial charge in [0.2, 0.25) is 0 Å². The predicted octanol–water partition coefficient (Wildman–Crippen LogP) is 3.72. The average Bonchev–Trinajstić information content (AvgIpc) is 2.77. The number of nitrogens with one attached hydrogen (secondary N) is 1. The van der Waals surface area contributed by atoms with Crippen LogP contribution in [0.3, 0.4) is 0 Å². The lowest BCUT2D eigenvalue weighted by atomic mass is 10.00. The van der Waals surface area contributed by atoms with Gasteiger partial charge in [-0.1, -0.05) is 13.8 Å². The molecular formula is C14H17BrN4. The van der Waals surface area contributed by atoms with Crippen LogP contribution in [0.25, 0.3) is 11.3 Å². The molecule has 0 bridgehead atoms. The maximum absolute atomic E-state index is 4.80. The zero-order valence-corrected chi connectivity index (χ0v) is 12.7. The summed E-state index contributed by atoms with van der Waals surface area (Å²) in [5, 5.41) is 8.25. The van der Waals surface area contributed by atoms with Gasteiger partial charge in [-0.15, -0.1) is 0 Å². The van der Waals surface area contributed by atoms with Crippen LogP contribution < -0.4 is 5.32 Å². The summed E-state index contributed by atoms with van der Waals surface area (Å²) < 4.78 is 3.18. The van der Waals surface area contributed by atoms with E-state index in [-0.39, 0.29) is 0 Å². The number of rotatable bonds is 2. The molecule has 1 aliphatic heterocycles. The van der Waals surface area contributed by atoms with Gasteiger partial charge < -0.3 is 5.32 Å². The Morgan fingerprint density at radius 3 is 2.79 bits per heavy atom. The molecule has 3 rings (SSSR count). The summed E-state index contributed by atoms with van der Waals surface area (Å²) in [6.45, 7) is 5.51. The highest BCUT2D eigenvalue weighted by Gasteiger charge is 2.27. The Bertz CT molecular complexity index is 577. The molecule has 19 heavy (non-hydrogen) atoms. The van der Waals surface area contributed by atoms with E-state index in [1.807, 2.05) is 12.1 Å². The third kappa shape index (κ3) is 2.16. The Hall–Kier alpha value is -1.36. The van der Waals surface area contributed by atoms with Gasteiger partial charge in [-0.25, -0.2) is 4.68 Å². The van der Waals surface area contributed by atoms with Crippen molar-refractivity contribution in [3.63, 3.8) is 0 Å². The van der Waals surface area contributed by atoms with Gasteiger partial charge in [0.15, 0.2) is 0 Å². The van der Waals surface area contributed by atoms with Crippen molar-refractivity contribution in [2.45, 2.75) is 26.3 Å². The van der Waals surface area contributed by atoms with Crippen molar-refractivity contribution < 1.29 is 0 Å². The lowest BCUT2D eigenvalue weighted by Gasteiger charge is -2.28. The second-order valence-electron chi connectivity index (χ2n) is 5.22. The fraction of sp³-hybridized carbons (Fsp3) is 0.429. The van der Waals surface area contributed by atoms with Gasteiger partial charge in [-0.05, 0) is 40.4 Å². The van der Waals surface area contributed by atoms with Crippen LogP contribution >= 0.6 is 15.9 Å². The van der Waals surface area contributed by atoms with E-state index in [9.17, 15) is 0 Å². The second-order valence-corrected chi connectivity index (χ2v) is 6.01. The monoisotopic (exact) mass is 320 g/mol. The van der Waals surface area contributed by atoms with Crippen LogP contribution in [0.4, 0.5) is 5.82 Å². The molecule has 0 aliphatic carbocycles. The first kappa shape index (κ1) is 12.7. The molecular weight excluding hydrogens is 304 g/mol. The van der Waals surface area contributed by atoms with Crippen LogP contribution in [0.5, 0.6) is 0 Å². The van der Waals surface area contributed by atoms with Gasteiger partial charge in [0.25, 0.3) is 0 Å². The largest absolute Gasteiger partial charge is 0.369 e. The van der Waals surface area contributed by atoms with E-state index in [2.05, 4.69) is 44.8 Å². The van der Waals surface area contributed by atoms with Gasteiger partial charge in [0.1, 0.15) is 11.5 Å². The van der Waals surface area contributed by atoms with E-state index < -0.39 is 0 Å². The first-order valence-electron chi connectivity index (χ1n) is 6.60. The first-order chi connectivity index (χ1) is 9.18. The predicted molar refractivity (Wildman–Crippen MR) is 80.1 cm³/mol. The van der Waals surface area contributed by atoms with Crippen LogP contribution in [0.2, 0.25) is 0 Å². The Morgan fingerprint density at radius 1 is 1.37 bits per heavy atom. The van der Waals surface area contributed by atoms with Gasteiger partial charge in [0, 0.05) is 24.5 Å². The van der Waals surface area contributed by atoms with Gasteiger partial charge in [-0.2, -0.15) is 5.10 Å². The highest BCUT2D eigenvalue weighted by Crippen LogP contribution is 2.39. The molecule has 3 heterocycles. The summed E-state index contributed by atoms with van der Waals surface area (Å²) in [5.74, 6) is 1.68. The Balaban J connectivity index is 2.10. The maximum Gasteiger partial charge on any atom is 0.139 e. The Kier molecular flexibility index (Phi) is 3.31. The van der Waals surface area contributed by atoms with E-state index in [0.29, 0.717) is 12.0 Å². The normalized spacial score (nSPS) is 18.2. The second kappa shape index (κ2) is 4.96. The summed E-state index contributed by atoms with van der Waals surface area (Å²) in [7, 11) is 0. The zero-order chi connectivity index (χ0) is 13.4. The number of hydrogen-bond acceptors (Lipinski definition) is 3. The molecule has 2 aromatic heterocycles. The zero-order valence-electron chi connectivity index (χ0n) is 11.1. The molecule has 100 valence electrons. The number of halogens is 1. The summed E-state index contributed by atoms with van der Waals surface area (Å²) in [4.78, 5) is 4.06. The highest BCUT2D eigenvalue weighted by molar-refractivity contribution is 9.10. The number of fused-ring (bicyclic) bond motifs is 1. The standard InChI is InChI=1S/C14H17BrN4/c1-9(2)11-5-8-17-14-12(15)13(18-19(11)14)10-3-6-16-7-4-10/h3-4,6-7,9,11,17H,5,8H2,1-2H3. The van der Waals surface area contributed by atoms with Gasteiger partial charge in [0.05, 0.1) is 10.5 Å². The minimum Gasteiger partial charge on any atom is -0.369 e. The highest BCUT2D eigenvalue weighted by atomic mass is 79.9. The molecule has 5 heteroatoms. The van der Waals surface area contributed by atoms with Crippen molar-refractivity contribution >= 4 is 21.7 Å². The molecule has 0 fully saturated rings. The van der Waals surface area contributed by atoms with E-state index in [4.69, 9.17) is 5.10 Å². The fourth-order valence-electron chi connectivity index (χ4n) is 2.58. The molecule has 4 nitrogen and oxygen atoms in total. The fourth-order valence-corrected chi connectivity index (χ4v) is 3.21. The molecule has 0 saturated heterocycles. The number of pyridine rings is 1. The first-order valence-corrected chi connectivity index (χ1v) is 7.40. The van der Waals surface area contributed by atoms with Crippen molar-refractivity contribution in [3.8, 4) is 11.3 Å². The van der Waals surface area contributed by atoms with Crippen molar-refractivity contribution in [2.24, 2.45) is 5.92 Å². The SMILES string of the molecule is CC(C)C1CCNc2c(Br)c(-c3ccncc3)nn21. The number of aromatic nitrogens is 3. The van der Waals surface area contributed by atoms with E-state index in [1.54, 1.807) is 12.4 Å². The summed E-state index contributed by atoms with van der Waals surface area (Å²) in [6.07, 6.45) is 4.72. The number of hydrogen-bond donors (Lipinski definition) is 1. The summed E-state index contributed by atoms with van der Waals surface area (Å²) in [5.41, 5.74) is 2.07. The maximum atomic E-state index is 4.80. The quantitative estimate of drug-likeness (QED) is 0.917. The third-order valence-corrected chi connectivity index (χ3v) is 4.37. The Labute approximate surface area is 121 Å². The van der Waals surface area contributed by atoms with Gasteiger partial charge in [-0.3, -0.25) is 4.98 Å². The van der Waals surface area contributed by atoms with Crippen LogP contribution in [-0.4, -0.2) is 21.3 Å². The van der Waals surface area contributed by atoms with E-state index in [0.717, 1.165) is 34.5 Å². The molecule has 1 N–H and O–H groups in total. The third-order valence-electron chi connectivity index (χ3n) is 3.62. The Morgan fingerprint density at radius 2 is 2.11 bits per heavy atom. The van der Waals surface area contributed by atoms with Crippen LogP contribution in [0, 0.1) is 5.92 Å². The van der Waals surface area contributed by atoms with Crippen LogP contribution in [0.15, 0.2) is 29.0 Å².